The van der Waals surface area contributed by atoms with E-state index in [0.29, 0.717) is 0 Å². The summed E-state index contributed by atoms with van der Waals surface area (Å²) in [5.41, 5.74) is 10.6. The molecule has 11 nitrogen and oxygen atoms in total. The zero-order chi connectivity index (χ0) is 17.7. The number of guanidine groups is 1. The van der Waals surface area contributed by atoms with Crippen molar-refractivity contribution < 1.29 is 34.8 Å². The van der Waals surface area contributed by atoms with Crippen LogP contribution in [0.3, 0.4) is 0 Å². The number of carbonyl (C=O) groups excluding carboxylic acids is 1. The molecule has 0 aromatic carbocycles. The molecule has 0 aromatic heterocycles. The van der Waals surface area contributed by atoms with Crippen LogP contribution in [0.25, 0.3) is 0 Å². The fourth-order valence-corrected chi connectivity index (χ4v) is 2.14. The van der Waals surface area contributed by atoms with E-state index in [2.05, 4.69) is 10.3 Å². The third kappa shape index (κ3) is 4.81. The highest BCUT2D eigenvalue weighted by molar-refractivity contribution is 5.85. The number of carbonyl (C=O) groups is 2. The topological polar surface area (TPSA) is 201 Å². The van der Waals surface area contributed by atoms with E-state index in [0.717, 1.165) is 6.08 Å². The maximum atomic E-state index is 11.4. The minimum absolute atomic E-state index is 0.371. The lowest BCUT2D eigenvalue weighted by molar-refractivity contribution is -0.145. The molecule has 0 aromatic rings. The first-order valence-corrected chi connectivity index (χ1v) is 6.62. The van der Waals surface area contributed by atoms with Crippen molar-refractivity contribution >= 4 is 17.8 Å². The van der Waals surface area contributed by atoms with Gasteiger partial charge in [-0.1, -0.05) is 0 Å². The van der Waals surface area contributed by atoms with Crippen LogP contribution in [0.2, 0.25) is 0 Å². The van der Waals surface area contributed by atoms with Crippen molar-refractivity contribution in [1.29, 1.82) is 0 Å². The molecule has 0 fully saturated rings. The molecule has 0 bridgehead atoms. The van der Waals surface area contributed by atoms with Crippen molar-refractivity contribution in [3.63, 3.8) is 0 Å². The summed E-state index contributed by atoms with van der Waals surface area (Å²) in [5.74, 6) is -2.89. The molecule has 11 heteroatoms. The fourth-order valence-electron chi connectivity index (χ4n) is 2.14. The number of nitrogens with zero attached hydrogens (tertiary/aromatic N) is 1. The highest BCUT2D eigenvalue weighted by Gasteiger charge is 2.43. The van der Waals surface area contributed by atoms with Crippen molar-refractivity contribution in [2.45, 2.75) is 37.3 Å². The monoisotopic (exact) mass is 332 g/mol. The van der Waals surface area contributed by atoms with Crippen LogP contribution in [-0.4, -0.2) is 75.3 Å². The van der Waals surface area contributed by atoms with Crippen molar-refractivity contribution in [1.82, 2.24) is 5.32 Å². The molecule has 1 aliphatic heterocycles. The lowest BCUT2D eigenvalue weighted by atomic mass is 9.92. The van der Waals surface area contributed by atoms with E-state index in [-0.39, 0.29) is 5.96 Å². The number of amides is 1. The second-order valence-electron chi connectivity index (χ2n) is 4.93. The van der Waals surface area contributed by atoms with Gasteiger partial charge in [0.25, 0.3) is 0 Å². The average molecular weight is 332 g/mol. The maximum absolute atomic E-state index is 11.4. The second-order valence-corrected chi connectivity index (χ2v) is 4.93. The summed E-state index contributed by atoms with van der Waals surface area (Å²) >= 11 is 0. The number of carboxylic acids is 1. The summed E-state index contributed by atoms with van der Waals surface area (Å²) in [4.78, 5) is 26.3. The molecule has 1 aliphatic rings. The number of nitrogens with two attached hydrogens (primary N) is 2. The molecule has 1 heterocycles. The molecule has 23 heavy (non-hydrogen) atoms. The van der Waals surface area contributed by atoms with E-state index >= 15 is 0 Å². The fraction of sp³-hybridized carbons (Fsp3) is 0.583. The van der Waals surface area contributed by atoms with E-state index in [9.17, 15) is 19.8 Å². The zero-order valence-electron chi connectivity index (χ0n) is 12.3. The smallest absolute Gasteiger partial charge is 0.370 e. The van der Waals surface area contributed by atoms with Gasteiger partial charge in [0, 0.05) is 6.92 Å². The molecule has 0 aliphatic carbocycles. The lowest BCUT2D eigenvalue weighted by Gasteiger charge is -2.38. The summed E-state index contributed by atoms with van der Waals surface area (Å²) in [6.07, 6.45) is -3.65. The lowest BCUT2D eigenvalue weighted by Crippen LogP contribution is -2.59. The van der Waals surface area contributed by atoms with Crippen LogP contribution in [0.15, 0.2) is 16.8 Å². The van der Waals surface area contributed by atoms with Gasteiger partial charge in [-0.05, 0) is 6.08 Å². The van der Waals surface area contributed by atoms with Gasteiger partial charge in [0.05, 0.1) is 18.7 Å². The Morgan fingerprint density at radius 1 is 1.43 bits per heavy atom. The van der Waals surface area contributed by atoms with Crippen LogP contribution < -0.4 is 16.8 Å². The van der Waals surface area contributed by atoms with Gasteiger partial charge in [-0.25, -0.2) is 9.79 Å². The molecule has 0 saturated heterocycles. The Balaban J connectivity index is 3.28. The van der Waals surface area contributed by atoms with E-state index < -0.39 is 54.6 Å². The summed E-state index contributed by atoms with van der Waals surface area (Å²) < 4.78 is 5.13. The number of carboxylic acid groups (broad SMARTS) is 1. The number of aliphatic carboxylic acids is 1. The van der Waals surface area contributed by atoms with E-state index in [4.69, 9.17) is 26.4 Å². The minimum Gasteiger partial charge on any atom is -0.478 e. The Kier molecular flexibility index (Phi) is 6.30. The van der Waals surface area contributed by atoms with Crippen LogP contribution in [0.1, 0.15) is 6.92 Å². The number of rotatable bonds is 6. The molecule has 1 amide bonds. The molecule has 130 valence electrons. The third-order valence-corrected chi connectivity index (χ3v) is 3.10. The summed E-state index contributed by atoms with van der Waals surface area (Å²) in [7, 11) is 0. The molecular formula is C12H20N4O7. The van der Waals surface area contributed by atoms with Gasteiger partial charge in [-0.2, -0.15) is 0 Å². The van der Waals surface area contributed by atoms with Gasteiger partial charge < -0.3 is 41.9 Å². The predicted molar refractivity (Wildman–Crippen MR) is 76.9 cm³/mol. The molecule has 5 atom stereocenters. The standard InChI is InChI=1S/C12H20N4O7/c1-4(18)15-8-5(16-12(13)14)2-7(11(21)22)23-10(8)9(20)6(19)3-17/h2,5-6,8-10,17,19-20H,3H2,1H3,(H,15,18)(H,21,22)(H4,13,14,16)/t5-,6+,8+,9+,10?/m1/s1. The second kappa shape index (κ2) is 7.76. The number of aliphatic imine (C=N–C) groups is 1. The maximum Gasteiger partial charge on any atom is 0.370 e. The Morgan fingerprint density at radius 2 is 2.04 bits per heavy atom. The summed E-state index contributed by atoms with van der Waals surface area (Å²) in [6.45, 7) is 0.391. The van der Waals surface area contributed by atoms with Crippen LogP contribution in [0, 0.1) is 0 Å². The van der Waals surface area contributed by atoms with E-state index in [1.807, 2.05) is 0 Å². The van der Waals surface area contributed by atoms with Crippen LogP contribution in [0.5, 0.6) is 0 Å². The van der Waals surface area contributed by atoms with Gasteiger partial charge >= 0.3 is 5.97 Å². The molecule has 0 radical (unpaired) electrons. The normalized spacial score (nSPS) is 26.3. The highest BCUT2D eigenvalue weighted by Crippen LogP contribution is 2.24. The number of ether oxygens (including phenoxy) is 1. The molecular weight excluding hydrogens is 312 g/mol. The van der Waals surface area contributed by atoms with Crippen molar-refractivity contribution in [3.05, 3.63) is 11.8 Å². The van der Waals surface area contributed by atoms with Gasteiger partial charge in [0.2, 0.25) is 11.7 Å². The van der Waals surface area contributed by atoms with Crippen molar-refractivity contribution in [3.8, 4) is 0 Å². The Bertz CT molecular complexity index is 518. The van der Waals surface area contributed by atoms with Crippen molar-refractivity contribution in [2.75, 3.05) is 6.61 Å². The van der Waals surface area contributed by atoms with Gasteiger partial charge in [-0.3, -0.25) is 4.79 Å². The van der Waals surface area contributed by atoms with Gasteiger partial charge in [0.1, 0.15) is 18.3 Å². The number of hydrogen-bond acceptors (Lipinski definition) is 7. The van der Waals surface area contributed by atoms with Gasteiger partial charge in [-0.15, -0.1) is 0 Å². The molecule has 1 rings (SSSR count). The first kappa shape index (κ1) is 18.7. The Morgan fingerprint density at radius 3 is 2.48 bits per heavy atom. The number of aliphatic hydroxyl groups excluding tert-OH is 3. The van der Waals surface area contributed by atoms with E-state index in [1.54, 1.807) is 0 Å². The quantitative estimate of drug-likeness (QED) is 0.188. The number of hydrogen-bond donors (Lipinski definition) is 7. The number of aliphatic hydroxyl groups is 3. The molecule has 1 unspecified atom stereocenters. The third-order valence-electron chi connectivity index (χ3n) is 3.10. The van der Waals surface area contributed by atoms with Gasteiger partial charge in [0.15, 0.2) is 5.96 Å². The highest BCUT2D eigenvalue weighted by atomic mass is 16.5. The van der Waals surface area contributed by atoms with Crippen LogP contribution in [0.4, 0.5) is 0 Å². The molecule has 0 saturated carbocycles. The van der Waals surface area contributed by atoms with Crippen LogP contribution in [-0.2, 0) is 14.3 Å². The Labute approximate surface area is 131 Å². The minimum atomic E-state index is -1.70. The Hall–Kier alpha value is -2.37. The zero-order valence-corrected chi connectivity index (χ0v) is 12.3. The largest absolute Gasteiger partial charge is 0.478 e. The first-order chi connectivity index (χ1) is 10.7. The number of nitrogens with one attached hydrogen (secondary N) is 1. The first-order valence-electron chi connectivity index (χ1n) is 6.62. The van der Waals surface area contributed by atoms with Crippen molar-refractivity contribution in [2.24, 2.45) is 16.5 Å². The predicted octanol–water partition coefficient (Wildman–Crippen LogP) is -3.79. The van der Waals surface area contributed by atoms with E-state index in [1.165, 1.54) is 6.92 Å². The van der Waals surface area contributed by atoms with Crippen LogP contribution >= 0.6 is 0 Å². The molecule has 9 N–H and O–H groups in total. The average Bonchev–Trinajstić information content (AvgIpc) is 2.45. The molecule has 0 spiro atoms. The SMILES string of the molecule is CC(=O)N[C@@H]1C([C@@H](O)[C@@H](O)CO)OC(C(=O)O)=C[C@H]1N=C(N)N. The summed E-state index contributed by atoms with van der Waals surface area (Å²) in [5, 5.41) is 40.1. The summed E-state index contributed by atoms with van der Waals surface area (Å²) in [6, 6.07) is -2.11.